The molecule has 0 radical (unpaired) electrons. The number of benzene rings is 2. The van der Waals surface area contributed by atoms with Gasteiger partial charge in [-0.05, 0) is 31.2 Å². The van der Waals surface area contributed by atoms with Crippen molar-refractivity contribution in [1.82, 2.24) is 9.47 Å². The molecule has 0 fully saturated rings. The molecule has 30 heavy (non-hydrogen) atoms. The Kier molecular flexibility index (Phi) is 5.07. The average Bonchev–Trinajstić information content (AvgIpc) is 3.30. The molecule has 4 rings (SSSR count). The fourth-order valence-electron chi connectivity index (χ4n) is 3.76. The lowest BCUT2D eigenvalue weighted by Gasteiger charge is -2.14. The predicted molar refractivity (Wildman–Crippen MR) is 121 cm³/mol. The number of aliphatic imine (C=N–C) groups is 1. The molecule has 8 nitrogen and oxygen atoms in total. The van der Waals surface area contributed by atoms with Gasteiger partial charge in [-0.2, -0.15) is 0 Å². The first-order valence-corrected chi connectivity index (χ1v) is 11.2. The number of hydrogen-bond donors (Lipinski definition) is 2. The third-order valence-corrected chi connectivity index (χ3v) is 6.79. The highest BCUT2D eigenvalue weighted by Gasteiger charge is 2.29. The van der Waals surface area contributed by atoms with Crippen LogP contribution in [0.15, 0.2) is 47.5 Å². The molecule has 1 atom stereocenters. The maximum absolute atomic E-state index is 12.5. The standard InChI is InChI=1S/C21H25N5O3S/c1-4-26-18-11-16(29-3)9-10-17(18)20(22)21(26)14-5-7-15(8-6-14)24-30(27,28)19-12-25(2)13-23-19/h5-11,13,19,24H,4,12,22H2,1-3H3. The Morgan fingerprint density at radius 2 is 1.97 bits per heavy atom. The van der Waals surface area contributed by atoms with E-state index in [1.54, 1.807) is 31.2 Å². The lowest BCUT2D eigenvalue weighted by Crippen LogP contribution is -2.30. The van der Waals surface area contributed by atoms with Gasteiger partial charge in [0.25, 0.3) is 10.0 Å². The number of methoxy groups -OCH3 is 1. The lowest BCUT2D eigenvalue weighted by atomic mass is 10.1. The number of nitrogens with zero attached hydrogens (tertiary/aromatic N) is 3. The Balaban J connectivity index is 1.67. The zero-order chi connectivity index (χ0) is 21.5. The Labute approximate surface area is 176 Å². The van der Waals surface area contributed by atoms with Gasteiger partial charge in [0, 0.05) is 36.3 Å². The van der Waals surface area contributed by atoms with E-state index in [2.05, 4.69) is 21.2 Å². The molecule has 3 aromatic rings. The second-order valence-electron chi connectivity index (χ2n) is 7.27. The Morgan fingerprint density at radius 3 is 2.57 bits per heavy atom. The van der Waals surface area contributed by atoms with Gasteiger partial charge in [0.1, 0.15) is 5.75 Å². The number of hydrogen-bond acceptors (Lipinski definition) is 6. The zero-order valence-electron chi connectivity index (χ0n) is 17.2. The maximum atomic E-state index is 12.5. The van der Waals surface area contributed by atoms with Crippen LogP contribution in [0.5, 0.6) is 5.75 Å². The van der Waals surface area contributed by atoms with Crippen LogP contribution in [0.4, 0.5) is 11.4 Å². The number of rotatable bonds is 6. The minimum atomic E-state index is -3.61. The third kappa shape index (κ3) is 3.45. The van der Waals surface area contributed by atoms with E-state index in [0.717, 1.165) is 34.5 Å². The van der Waals surface area contributed by atoms with E-state index < -0.39 is 15.4 Å². The Bertz CT molecular complexity index is 1220. The molecule has 0 aliphatic carbocycles. The van der Waals surface area contributed by atoms with Crippen molar-refractivity contribution in [2.75, 3.05) is 31.2 Å². The molecule has 0 bridgehead atoms. The van der Waals surface area contributed by atoms with Crippen LogP contribution in [0.25, 0.3) is 22.2 Å². The molecule has 2 aromatic carbocycles. The summed E-state index contributed by atoms with van der Waals surface area (Å²) in [6, 6.07) is 13.1. The van der Waals surface area contributed by atoms with E-state index in [0.29, 0.717) is 17.9 Å². The minimum absolute atomic E-state index is 0.337. The van der Waals surface area contributed by atoms with Gasteiger partial charge < -0.3 is 19.9 Å². The van der Waals surface area contributed by atoms with Crippen molar-refractivity contribution in [1.29, 1.82) is 0 Å². The summed E-state index contributed by atoms with van der Waals surface area (Å²) in [5, 5.41) is 0.149. The summed E-state index contributed by atoms with van der Waals surface area (Å²) in [6.07, 6.45) is 1.54. The van der Waals surface area contributed by atoms with Crippen molar-refractivity contribution < 1.29 is 13.2 Å². The van der Waals surface area contributed by atoms with Crippen molar-refractivity contribution in [2.45, 2.75) is 18.8 Å². The van der Waals surface area contributed by atoms with E-state index in [1.807, 2.05) is 30.3 Å². The van der Waals surface area contributed by atoms with Crippen molar-refractivity contribution >= 4 is 38.6 Å². The van der Waals surface area contributed by atoms with Gasteiger partial charge in [-0.1, -0.05) is 12.1 Å². The summed E-state index contributed by atoms with van der Waals surface area (Å²) in [5.41, 5.74) is 10.5. The first-order valence-electron chi connectivity index (χ1n) is 9.65. The summed E-state index contributed by atoms with van der Waals surface area (Å²) in [5.74, 6) is 0.770. The minimum Gasteiger partial charge on any atom is -0.497 e. The number of nitrogen functional groups attached to an aromatic ring is 1. The van der Waals surface area contributed by atoms with Gasteiger partial charge in [-0.15, -0.1) is 0 Å². The van der Waals surface area contributed by atoms with Gasteiger partial charge in [-0.3, -0.25) is 9.71 Å². The van der Waals surface area contributed by atoms with E-state index in [9.17, 15) is 8.42 Å². The second kappa shape index (κ2) is 7.56. The average molecular weight is 428 g/mol. The van der Waals surface area contributed by atoms with E-state index in [-0.39, 0.29) is 0 Å². The highest BCUT2D eigenvalue weighted by atomic mass is 32.2. The van der Waals surface area contributed by atoms with Gasteiger partial charge in [-0.25, -0.2) is 8.42 Å². The fourth-order valence-corrected chi connectivity index (χ4v) is 5.00. The number of sulfonamides is 1. The van der Waals surface area contributed by atoms with Crippen LogP contribution < -0.4 is 15.2 Å². The SMILES string of the molecule is CCn1c(-c2ccc(NS(=O)(=O)C3CN(C)C=N3)cc2)c(N)c2ccc(OC)cc21. The molecule has 1 unspecified atom stereocenters. The van der Waals surface area contributed by atoms with Crippen LogP contribution in [0.3, 0.4) is 0 Å². The molecule has 1 aliphatic rings. The molecule has 0 saturated heterocycles. The third-order valence-electron chi connectivity index (χ3n) is 5.28. The van der Waals surface area contributed by atoms with Crippen molar-refractivity contribution in [3.63, 3.8) is 0 Å². The van der Waals surface area contributed by atoms with Crippen LogP contribution in [-0.2, 0) is 16.6 Å². The number of anilines is 2. The van der Waals surface area contributed by atoms with E-state index in [1.165, 1.54) is 6.34 Å². The first-order chi connectivity index (χ1) is 14.3. The highest BCUT2D eigenvalue weighted by molar-refractivity contribution is 7.93. The molecular formula is C21H25N5O3S. The van der Waals surface area contributed by atoms with Gasteiger partial charge >= 0.3 is 0 Å². The molecule has 1 aliphatic heterocycles. The molecular weight excluding hydrogens is 402 g/mol. The maximum Gasteiger partial charge on any atom is 0.257 e. The number of aryl methyl sites for hydroxylation is 1. The molecule has 9 heteroatoms. The van der Waals surface area contributed by atoms with Gasteiger partial charge in [0.15, 0.2) is 5.37 Å². The summed E-state index contributed by atoms with van der Waals surface area (Å²) in [6.45, 7) is 3.13. The predicted octanol–water partition coefficient (Wildman–Crippen LogP) is 2.96. The molecule has 0 saturated carbocycles. The number of likely N-dealkylation sites (N-methyl/N-ethyl adjacent to an activating group) is 1. The summed E-state index contributed by atoms with van der Waals surface area (Å²) in [4.78, 5) is 5.79. The number of nitrogens with two attached hydrogens (primary N) is 1. The number of aromatic nitrogens is 1. The largest absolute Gasteiger partial charge is 0.497 e. The molecule has 0 spiro atoms. The van der Waals surface area contributed by atoms with Crippen molar-refractivity contribution in [2.24, 2.45) is 4.99 Å². The molecule has 158 valence electrons. The van der Waals surface area contributed by atoms with Crippen LogP contribution in [-0.4, -0.2) is 50.3 Å². The van der Waals surface area contributed by atoms with Crippen LogP contribution in [0, 0.1) is 0 Å². The number of ether oxygens (including phenoxy) is 1. The summed E-state index contributed by atoms with van der Waals surface area (Å²) >= 11 is 0. The fraction of sp³-hybridized carbons (Fsp3) is 0.286. The smallest absolute Gasteiger partial charge is 0.257 e. The van der Waals surface area contributed by atoms with Crippen LogP contribution >= 0.6 is 0 Å². The Hall–Kier alpha value is -3.20. The van der Waals surface area contributed by atoms with Crippen molar-refractivity contribution in [3.8, 4) is 17.0 Å². The van der Waals surface area contributed by atoms with Gasteiger partial charge in [0.2, 0.25) is 0 Å². The van der Waals surface area contributed by atoms with E-state index >= 15 is 0 Å². The second-order valence-corrected chi connectivity index (χ2v) is 9.11. The summed E-state index contributed by atoms with van der Waals surface area (Å²) < 4.78 is 35.2. The number of fused-ring (bicyclic) bond motifs is 1. The monoisotopic (exact) mass is 427 g/mol. The number of nitrogens with one attached hydrogen (secondary N) is 1. The Morgan fingerprint density at radius 1 is 1.23 bits per heavy atom. The highest BCUT2D eigenvalue weighted by Crippen LogP contribution is 2.38. The zero-order valence-corrected chi connectivity index (χ0v) is 18.0. The molecule has 2 heterocycles. The molecule has 1 aromatic heterocycles. The molecule has 3 N–H and O–H groups in total. The lowest BCUT2D eigenvalue weighted by molar-refractivity contribution is 0.415. The van der Waals surface area contributed by atoms with Crippen molar-refractivity contribution in [3.05, 3.63) is 42.5 Å². The van der Waals surface area contributed by atoms with E-state index in [4.69, 9.17) is 10.5 Å². The van der Waals surface area contributed by atoms with Gasteiger partial charge in [0.05, 0.1) is 36.9 Å². The normalized spacial score (nSPS) is 16.4. The van der Waals surface area contributed by atoms with Crippen LogP contribution in [0.2, 0.25) is 0 Å². The summed E-state index contributed by atoms with van der Waals surface area (Å²) in [7, 11) is -0.176. The first kappa shape index (κ1) is 20.1. The van der Waals surface area contributed by atoms with Crippen LogP contribution in [0.1, 0.15) is 6.92 Å². The molecule has 0 amide bonds. The topological polar surface area (TPSA) is 102 Å². The quantitative estimate of drug-likeness (QED) is 0.630.